The number of aliphatic hydroxyl groups is 1. The molecule has 252 valence electrons. The second kappa shape index (κ2) is 15.1. The van der Waals surface area contributed by atoms with Gasteiger partial charge in [-0.25, -0.2) is 4.99 Å². The van der Waals surface area contributed by atoms with Gasteiger partial charge in [-0.15, -0.1) is 0 Å². The molecule has 13 nitrogen and oxygen atoms in total. The van der Waals surface area contributed by atoms with Crippen molar-refractivity contribution in [3.63, 3.8) is 0 Å². The van der Waals surface area contributed by atoms with E-state index >= 15 is 0 Å². The van der Waals surface area contributed by atoms with E-state index in [0.717, 1.165) is 5.56 Å². The Balaban J connectivity index is 1.54. The van der Waals surface area contributed by atoms with Gasteiger partial charge in [0.2, 0.25) is 12.7 Å². The van der Waals surface area contributed by atoms with E-state index in [0.29, 0.717) is 47.0 Å². The molecule has 2 N–H and O–H groups in total. The topological polar surface area (TPSA) is 174 Å². The van der Waals surface area contributed by atoms with Crippen LogP contribution in [-0.4, -0.2) is 54.0 Å². The van der Waals surface area contributed by atoms with Gasteiger partial charge in [0.1, 0.15) is 11.4 Å². The average Bonchev–Trinajstić information content (AvgIpc) is 3.70. The number of carbonyl (C=O) groups excluding carboxylic acids is 2. The van der Waals surface area contributed by atoms with Crippen LogP contribution in [0.1, 0.15) is 68.4 Å². The molecule has 0 saturated carbocycles. The lowest BCUT2D eigenvalue weighted by Gasteiger charge is -2.32. The molecule has 3 aromatic carbocycles. The molecular formula is C35H39N5O8. The molecule has 48 heavy (non-hydrogen) atoms. The number of carbonyl (C=O) groups is 2. The zero-order chi connectivity index (χ0) is 34.1. The van der Waals surface area contributed by atoms with Gasteiger partial charge in [-0.2, -0.15) is 0 Å². The number of hydrogen-bond acceptors (Lipinski definition) is 10. The highest BCUT2D eigenvalue weighted by Crippen LogP contribution is 2.45. The molecule has 0 unspecified atom stereocenters. The lowest BCUT2D eigenvalue weighted by molar-refractivity contribution is -0.155. The number of hydrogen-bond donors (Lipinski definition) is 2. The van der Waals surface area contributed by atoms with Gasteiger partial charge in [-0.1, -0.05) is 35.4 Å². The number of aliphatic imine (C=N–C) groups is 1. The summed E-state index contributed by atoms with van der Waals surface area (Å²) < 4.78 is 28.8. The van der Waals surface area contributed by atoms with E-state index in [4.69, 9.17) is 39.3 Å². The highest BCUT2D eigenvalue weighted by Gasteiger charge is 2.53. The Kier molecular flexibility index (Phi) is 10.7. The van der Waals surface area contributed by atoms with Gasteiger partial charge in [0.05, 0.1) is 13.2 Å². The molecule has 13 heteroatoms. The fraction of sp³-hybridized carbons (Fsp3) is 0.400. The molecule has 2 heterocycles. The van der Waals surface area contributed by atoms with Crippen LogP contribution in [0.15, 0.2) is 76.8 Å². The van der Waals surface area contributed by atoms with Gasteiger partial charge in [0.25, 0.3) is 5.91 Å². The van der Waals surface area contributed by atoms with E-state index in [9.17, 15) is 9.59 Å². The Labute approximate surface area is 278 Å². The third-order valence-corrected chi connectivity index (χ3v) is 7.69. The second-order valence-corrected chi connectivity index (χ2v) is 12.3. The van der Waals surface area contributed by atoms with Gasteiger partial charge in [-0.3, -0.25) is 9.59 Å². The minimum Gasteiger partial charge on any atom is -0.494 e. The molecule has 0 spiro atoms. The first-order valence-electron chi connectivity index (χ1n) is 15.7. The normalized spacial score (nSPS) is 17.9. The number of fused-ring (bicyclic) bond motifs is 1. The van der Waals surface area contributed by atoms with Crippen molar-refractivity contribution in [2.75, 3.05) is 20.0 Å². The molecule has 0 bridgehead atoms. The van der Waals surface area contributed by atoms with Crippen molar-refractivity contribution in [1.29, 1.82) is 0 Å². The summed E-state index contributed by atoms with van der Waals surface area (Å²) in [6.07, 6.45) is -0.656. The van der Waals surface area contributed by atoms with Crippen molar-refractivity contribution in [2.45, 2.75) is 70.4 Å². The monoisotopic (exact) mass is 657 g/mol. The molecule has 0 aliphatic carbocycles. The van der Waals surface area contributed by atoms with Crippen LogP contribution in [0.25, 0.3) is 10.4 Å². The Hall–Kier alpha value is -5.26. The van der Waals surface area contributed by atoms with E-state index in [1.165, 1.54) is 0 Å². The zero-order valence-corrected chi connectivity index (χ0v) is 27.2. The SMILES string of the molecule is CC(C)(C)OC(=O)CC[C@@]1(C(=O)NCc2ccc3c(c2)OCO3)N=C(c2ccc(OCCCO)cc2)O[C@@H]1c1ccccc1CN=[N+]=[N-]. The fourth-order valence-corrected chi connectivity index (χ4v) is 5.46. The van der Waals surface area contributed by atoms with E-state index in [1.54, 1.807) is 81.4 Å². The smallest absolute Gasteiger partial charge is 0.306 e. The Morgan fingerprint density at radius 1 is 1.10 bits per heavy atom. The van der Waals surface area contributed by atoms with E-state index < -0.39 is 29.1 Å². The van der Waals surface area contributed by atoms with Crippen LogP contribution in [0.4, 0.5) is 0 Å². The number of aliphatic hydroxyl groups excluding tert-OH is 1. The van der Waals surface area contributed by atoms with Crippen LogP contribution >= 0.6 is 0 Å². The summed E-state index contributed by atoms with van der Waals surface area (Å²) in [5.74, 6) is 1.05. The lowest BCUT2D eigenvalue weighted by Crippen LogP contribution is -2.48. The number of amides is 1. The van der Waals surface area contributed by atoms with Gasteiger partial charge in [0, 0.05) is 36.5 Å². The lowest BCUT2D eigenvalue weighted by atomic mass is 9.81. The van der Waals surface area contributed by atoms with Crippen LogP contribution in [0, 0.1) is 0 Å². The summed E-state index contributed by atoms with van der Waals surface area (Å²) in [5, 5.41) is 15.9. The number of azide groups is 1. The predicted octanol–water partition coefficient (Wildman–Crippen LogP) is 5.68. The molecular weight excluding hydrogens is 618 g/mol. The number of rotatable bonds is 14. The first-order valence-corrected chi connectivity index (χ1v) is 15.7. The highest BCUT2D eigenvalue weighted by atomic mass is 16.7. The van der Waals surface area contributed by atoms with Crippen molar-refractivity contribution < 1.29 is 38.4 Å². The Morgan fingerprint density at radius 2 is 1.88 bits per heavy atom. The van der Waals surface area contributed by atoms with Crippen molar-refractivity contribution in [3.8, 4) is 17.2 Å². The Bertz CT molecular complexity index is 1700. The van der Waals surface area contributed by atoms with Gasteiger partial charge in [0.15, 0.2) is 23.1 Å². The maximum absolute atomic E-state index is 14.5. The number of esters is 1. The first-order chi connectivity index (χ1) is 23.1. The quantitative estimate of drug-likeness (QED) is 0.0732. The highest BCUT2D eigenvalue weighted by molar-refractivity contribution is 6.01. The number of ether oxygens (including phenoxy) is 5. The number of benzene rings is 3. The summed E-state index contributed by atoms with van der Waals surface area (Å²) in [6.45, 7) is 5.99. The summed E-state index contributed by atoms with van der Waals surface area (Å²) in [5.41, 5.74) is 9.33. The van der Waals surface area contributed by atoms with Crippen LogP contribution < -0.4 is 19.5 Å². The minimum absolute atomic E-state index is 0.0166. The summed E-state index contributed by atoms with van der Waals surface area (Å²) in [7, 11) is 0. The third kappa shape index (κ3) is 8.17. The molecule has 0 aromatic heterocycles. The van der Waals surface area contributed by atoms with Crippen molar-refractivity contribution in [1.82, 2.24) is 5.32 Å². The van der Waals surface area contributed by atoms with E-state index in [2.05, 4.69) is 15.3 Å². The van der Waals surface area contributed by atoms with Crippen molar-refractivity contribution >= 4 is 17.8 Å². The summed E-state index contributed by atoms with van der Waals surface area (Å²) in [6, 6.07) is 19.7. The molecule has 0 radical (unpaired) electrons. The molecule has 2 aliphatic rings. The van der Waals surface area contributed by atoms with E-state index in [1.807, 2.05) is 6.07 Å². The van der Waals surface area contributed by atoms with Crippen LogP contribution in [-0.2, 0) is 32.2 Å². The largest absolute Gasteiger partial charge is 0.494 e. The molecule has 2 atom stereocenters. The molecule has 2 aliphatic heterocycles. The minimum atomic E-state index is -1.62. The molecule has 0 saturated heterocycles. The summed E-state index contributed by atoms with van der Waals surface area (Å²) in [4.78, 5) is 35.5. The predicted molar refractivity (Wildman–Crippen MR) is 176 cm³/mol. The molecule has 0 fully saturated rings. The summed E-state index contributed by atoms with van der Waals surface area (Å²) >= 11 is 0. The van der Waals surface area contributed by atoms with Crippen molar-refractivity contribution in [3.05, 3.63) is 99.4 Å². The number of nitrogens with one attached hydrogen (secondary N) is 1. The maximum Gasteiger partial charge on any atom is 0.306 e. The fourth-order valence-electron chi connectivity index (χ4n) is 5.46. The van der Waals surface area contributed by atoms with Crippen molar-refractivity contribution in [2.24, 2.45) is 10.1 Å². The van der Waals surface area contributed by atoms with Gasteiger partial charge in [-0.05, 0) is 85.8 Å². The first kappa shape index (κ1) is 34.1. The standard InChI is InChI=1S/C35H39N5O8/c1-34(2,3)48-30(42)15-16-35(33(43)37-20-23-9-14-28-29(19-23)46-22-45-28)31(27-8-5-4-7-25(27)21-38-40-36)47-32(39-35)24-10-12-26(13-11-24)44-18-6-17-41/h4-5,7-14,19,31,41H,6,15-18,20-22H2,1-3H3,(H,37,43)/t31-,35-/m1/s1. The molecule has 3 aromatic rings. The average molecular weight is 658 g/mol. The van der Waals surface area contributed by atoms with Crippen LogP contribution in [0.3, 0.4) is 0 Å². The number of nitrogens with zero attached hydrogens (tertiary/aromatic N) is 4. The Morgan fingerprint density at radius 3 is 2.62 bits per heavy atom. The van der Waals surface area contributed by atoms with E-state index in [-0.39, 0.29) is 45.2 Å². The maximum atomic E-state index is 14.5. The third-order valence-electron chi connectivity index (χ3n) is 7.69. The second-order valence-electron chi connectivity index (χ2n) is 12.3. The van der Waals surface area contributed by atoms with Crippen LogP contribution in [0.5, 0.6) is 17.2 Å². The van der Waals surface area contributed by atoms with Gasteiger partial charge < -0.3 is 34.1 Å². The van der Waals surface area contributed by atoms with Gasteiger partial charge >= 0.3 is 5.97 Å². The molecule has 5 rings (SSSR count). The van der Waals surface area contributed by atoms with Crippen LogP contribution in [0.2, 0.25) is 0 Å². The zero-order valence-electron chi connectivity index (χ0n) is 27.2. The molecule has 1 amide bonds.